The molecule has 0 aromatic heterocycles. The molecule has 10 heteroatoms. The first-order chi connectivity index (χ1) is 26.0. The lowest BCUT2D eigenvalue weighted by Gasteiger charge is -2.24. The number of hydrogen-bond donors (Lipinski definition) is 1. The number of ether oxygens (including phenoxy) is 2. The van der Waals surface area contributed by atoms with Gasteiger partial charge in [-0.05, 0) is 38.5 Å². The summed E-state index contributed by atoms with van der Waals surface area (Å²) in [6.45, 7) is 4.43. The summed E-state index contributed by atoms with van der Waals surface area (Å²) < 4.78 is 34.3. The number of likely N-dealkylation sites (N-methyl/N-ethyl adjacent to an activating group) is 1. The van der Waals surface area contributed by atoms with Gasteiger partial charge in [-0.3, -0.25) is 18.6 Å². The summed E-state index contributed by atoms with van der Waals surface area (Å²) in [5.41, 5.74) is 0. The Morgan fingerprint density at radius 2 is 0.944 bits per heavy atom. The molecule has 1 N–H and O–H groups in total. The highest BCUT2D eigenvalue weighted by Crippen LogP contribution is 2.43. The number of nitrogens with zero attached hydrogens (tertiary/aromatic N) is 1. The van der Waals surface area contributed by atoms with Gasteiger partial charge in [0.1, 0.15) is 19.8 Å². The van der Waals surface area contributed by atoms with Gasteiger partial charge in [-0.1, -0.05) is 167 Å². The summed E-state index contributed by atoms with van der Waals surface area (Å²) in [6.07, 6.45) is 38.2. The van der Waals surface area contributed by atoms with E-state index >= 15 is 0 Å². The topological polar surface area (TPSA) is 108 Å². The lowest BCUT2D eigenvalue weighted by atomic mass is 10.0. The lowest BCUT2D eigenvalue weighted by Crippen LogP contribution is -2.37. The summed E-state index contributed by atoms with van der Waals surface area (Å²) in [4.78, 5) is 35.3. The van der Waals surface area contributed by atoms with Crippen LogP contribution in [0.2, 0.25) is 0 Å². The molecule has 0 aliphatic rings. The fourth-order valence-electron chi connectivity index (χ4n) is 6.24. The van der Waals surface area contributed by atoms with Crippen molar-refractivity contribution in [2.75, 3.05) is 47.5 Å². The van der Waals surface area contributed by atoms with Gasteiger partial charge in [0.2, 0.25) is 0 Å². The van der Waals surface area contributed by atoms with Gasteiger partial charge in [-0.25, -0.2) is 4.57 Å². The monoisotopic (exact) mass is 789 g/mol. The number of phosphoric ester groups is 1. The molecular formula is C44H87NO8P+. The van der Waals surface area contributed by atoms with Gasteiger partial charge in [0.15, 0.2) is 6.10 Å². The molecule has 54 heavy (non-hydrogen) atoms. The van der Waals surface area contributed by atoms with Crippen molar-refractivity contribution < 1.29 is 42.1 Å². The van der Waals surface area contributed by atoms with E-state index in [-0.39, 0.29) is 25.6 Å². The van der Waals surface area contributed by atoms with Gasteiger partial charge < -0.3 is 18.9 Å². The molecule has 0 fully saturated rings. The average molecular weight is 789 g/mol. The maximum Gasteiger partial charge on any atom is 0.472 e. The maximum atomic E-state index is 12.7. The molecule has 9 nitrogen and oxygen atoms in total. The van der Waals surface area contributed by atoms with Crippen molar-refractivity contribution >= 4 is 19.8 Å². The van der Waals surface area contributed by atoms with E-state index in [1.165, 1.54) is 122 Å². The Labute approximate surface area is 333 Å². The predicted octanol–water partition coefficient (Wildman–Crippen LogP) is 12.6. The highest BCUT2D eigenvalue weighted by Gasteiger charge is 2.27. The molecule has 0 saturated carbocycles. The van der Waals surface area contributed by atoms with Crippen LogP contribution in [0.15, 0.2) is 12.2 Å². The Morgan fingerprint density at radius 1 is 0.556 bits per heavy atom. The summed E-state index contributed by atoms with van der Waals surface area (Å²) in [5, 5.41) is 0. The molecule has 0 aromatic carbocycles. The van der Waals surface area contributed by atoms with Crippen LogP contribution in [-0.2, 0) is 32.7 Å². The molecule has 0 aromatic rings. The Kier molecular flexibility index (Phi) is 36.5. The molecular weight excluding hydrogens is 701 g/mol. The van der Waals surface area contributed by atoms with E-state index in [0.29, 0.717) is 23.9 Å². The number of rotatable bonds is 41. The highest BCUT2D eigenvalue weighted by atomic mass is 31.2. The fraction of sp³-hybridized carbons (Fsp3) is 0.909. The van der Waals surface area contributed by atoms with Crippen LogP contribution < -0.4 is 0 Å². The van der Waals surface area contributed by atoms with Crippen LogP contribution >= 0.6 is 7.82 Å². The van der Waals surface area contributed by atoms with Crippen LogP contribution in [0.1, 0.15) is 206 Å². The third-order valence-corrected chi connectivity index (χ3v) is 10.8. The molecule has 320 valence electrons. The van der Waals surface area contributed by atoms with Crippen molar-refractivity contribution in [2.45, 2.75) is 213 Å². The number of phosphoric acid groups is 1. The third-order valence-electron chi connectivity index (χ3n) is 9.80. The van der Waals surface area contributed by atoms with E-state index in [1.54, 1.807) is 0 Å². The standard InChI is InChI=1S/C44H86NO8P/c1-6-8-10-12-14-16-18-20-22-24-26-28-30-32-34-36-43(46)50-40-42(41-52-54(48,49)51-39-38-45(3,4)5)53-44(47)37-35-33-31-29-27-25-23-21-19-17-15-13-11-9-7-2/h21,23,42H,6-20,22,24-41H2,1-5H3/p+1/b23-21-/t42-/m1/s1. The predicted molar refractivity (Wildman–Crippen MR) is 224 cm³/mol. The minimum Gasteiger partial charge on any atom is -0.462 e. The van der Waals surface area contributed by atoms with Gasteiger partial charge in [0.25, 0.3) is 0 Å². The second-order valence-electron chi connectivity index (χ2n) is 16.4. The van der Waals surface area contributed by atoms with Crippen LogP contribution in [0.5, 0.6) is 0 Å². The Morgan fingerprint density at radius 3 is 1.37 bits per heavy atom. The molecule has 0 saturated heterocycles. The Balaban J connectivity index is 4.34. The largest absolute Gasteiger partial charge is 0.472 e. The maximum absolute atomic E-state index is 12.7. The molecule has 0 bridgehead atoms. The normalized spacial score (nSPS) is 13.7. The van der Waals surface area contributed by atoms with Gasteiger partial charge in [-0.15, -0.1) is 0 Å². The van der Waals surface area contributed by atoms with E-state index in [0.717, 1.165) is 51.4 Å². The number of esters is 2. The van der Waals surface area contributed by atoms with Crippen molar-refractivity contribution in [3.63, 3.8) is 0 Å². The fourth-order valence-corrected chi connectivity index (χ4v) is 6.99. The molecule has 0 rings (SSSR count). The highest BCUT2D eigenvalue weighted by molar-refractivity contribution is 7.47. The molecule has 0 spiro atoms. The first kappa shape index (κ1) is 52.8. The number of hydrogen-bond acceptors (Lipinski definition) is 7. The first-order valence-electron chi connectivity index (χ1n) is 22.4. The summed E-state index contributed by atoms with van der Waals surface area (Å²) >= 11 is 0. The zero-order valence-corrected chi connectivity index (χ0v) is 36.9. The number of allylic oxidation sites excluding steroid dienone is 2. The zero-order valence-electron chi connectivity index (χ0n) is 36.0. The van der Waals surface area contributed by atoms with Crippen LogP contribution in [0.4, 0.5) is 0 Å². The lowest BCUT2D eigenvalue weighted by molar-refractivity contribution is -0.870. The van der Waals surface area contributed by atoms with Gasteiger partial charge >= 0.3 is 19.8 Å². The molecule has 0 radical (unpaired) electrons. The van der Waals surface area contributed by atoms with Gasteiger partial charge in [-0.2, -0.15) is 0 Å². The molecule has 2 atom stereocenters. The first-order valence-corrected chi connectivity index (χ1v) is 23.9. The molecule has 0 aliphatic heterocycles. The van der Waals surface area contributed by atoms with E-state index in [2.05, 4.69) is 26.0 Å². The minimum atomic E-state index is -4.37. The number of carbonyl (C=O) groups is 2. The van der Waals surface area contributed by atoms with E-state index < -0.39 is 26.5 Å². The number of quaternary nitrogens is 1. The SMILES string of the molecule is CCCCCCCC/C=C\CCCCCCCC(=O)O[C@H](COC(=O)CCCCCCCCCCCCCCCCC)COP(=O)(O)OCC[N+](C)(C)C. The molecule has 0 amide bonds. The van der Waals surface area contributed by atoms with E-state index in [4.69, 9.17) is 18.5 Å². The van der Waals surface area contributed by atoms with Crippen molar-refractivity contribution in [3.05, 3.63) is 12.2 Å². The van der Waals surface area contributed by atoms with E-state index in [1.807, 2.05) is 21.1 Å². The summed E-state index contributed by atoms with van der Waals surface area (Å²) in [6, 6.07) is 0. The molecule has 0 aliphatic carbocycles. The Hall–Kier alpha value is -1.25. The summed E-state index contributed by atoms with van der Waals surface area (Å²) in [5.74, 6) is -0.798. The average Bonchev–Trinajstić information content (AvgIpc) is 3.12. The van der Waals surface area contributed by atoms with Crippen molar-refractivity contribution in [2.24, 2.45) is 0 Å². The quantitative estimate of drug-likeness (QED) is 0.0214. The van der Waals surface area contributed by atoms with Gasteiger partial charge in [0, 0.05) is 12.8 Å². The molecule has 0 heterocycles. The second kappa shape index (κ2) is 37.3. The minimum absolute atomic E-state index is 0.0332. The Bertz CT molecular complexity index is 938. The van der Waals surface area contributed by atoms with Crippen molar-refractivity contribution in [1.82, 2.24) is 0 Å². The van der Waals surface area contributed by atoms with Crippen molar-refractivity contribution in [1.29, 1.82) is 0 Å². The third kappa shape index (κ3) is 40.4. The van der Waals surface area contributed by atoms with Crippen LogP contribution in [0.25, 0.3) is 0 Å². The molecule has 1 unspecified atom stereocenters. The van der Waals surface area contributed by atoms with Crippen LogP contribution in [0.3, 0.4) is 0 Å². The number of unbranched alkanes of at least 4 members (excludes halogenated alkanes) is 25. The second-order valence-corrected chi connectivity index (χ2v) is 17.9. The van der Waals surface area contributed by atoms with E-state index in [9.17, 15) is 19.0 Å². The van der Waals surface area contributed by atoms with Gasteiger partial charge in [0.05, 0.1) is 27.7 Å². The zero-order chi connectivity index (χ0) is 40.0. The summed E-state index contributed by atoms with van der Waals surface area (Å²) in [7, 11) is 1.48. The van der Waals surface area contributed by atoms with Crippen molar-refractivity contribution in [3.8, 4) is 0 Å². The smallest absolute Gasteiger partial charge is 0.462 e. The van der Waals surface area contributed by atoms with Crippen LogP contribution in [0, 0.1) is 0 Å². The van der Waals surface area contributed by atoms with Crippen LogP contribution in [-0.4, -0.2) is 74.9 Å². The number of carbonyl (C=O) groups excluding carboxylic acids is 2.